The minimum Gasteiger partial charge on any atom is -0.481 e. The van der Waals surface area contributed by atoms with Crippen LogP contribution in [0.2, 0.25) is 0 Å². The molecule has 1 aliphatic rings. The fraction of sp³-hybridized carbons (Fsp3) is 0.389. The van der Waals surface area contributed by atoms with Gasteiger partial charge in [-0.05, 0) is 36.6 Å². The molecule has 4 N–H and O–H groups in total. The lowest BCUT2D eigenvalue weighted by Crippen LogP contribution is -2.38. The number of rotatable bonds is 0. The van der Waals surface area contributed by atoms with Gasteiger partial charge in [0.1, 0.15) is 5.82 Å². The highest BCUT2D eigenvalue weighted by Gasteiger charge is 2.39. The number of carbonyl (C=O) groups is 1. The molecule has 1 aromatic heterocycles. The first-order valence-electron chi connectivity index (χ1n) is 7.92. The number of aromatic nitrogens is 2. The summed E-state index contributed by atoms with van der Waals surface area (Å²) in [6.45, 7) is 9.37. The number of anilines is 3. The number of carboxylic acid groups (broad SMARTS) is 1. The van der Waals surface area contributed by atoms with Gasteiger partial charge in [-0.15, -0.1) is 0 Å². The number of nitrogens with two attached hydrogens (primary N) is 1. The molecule has 0 saturated heterocycles. The van der Waals surface area contributed by atoms with Crippen LogP contribution in [0.25, 0.3) is 0 Å². The molecule has 0 aliphatic carbocycles. The Balaban J connectivity index is 0.000000511. The molecule has 0 amide bonds. The predicted octanol–water partition coefficient (Wildman–Crippen LogP) is 2.47. The van der Waals surface area contributed by atoms with Gasteiger partial charge < -0.3 is 15.7 Å². The number of H-pyrrole nitrogens is 1. The Morgan fingerprint density at radius 2 is 1.80 bits per heavy atom. The molecule has 25 heavy (non-hydrogen) atoms. The number of nitrogens with zero attached hydrogens (tertiary/aromatic N) is 2. The third-order valence-electron chi connectivity index (χ3n) is 4.51. The minimum atomic E-state index is -0.833. The van der Waals surface area contributed by atoms with E-state index < -0.39 is 11.4 Å². The Kier molecular flexibility index (Phi) is 4.61. The zero-order chi connectivity index (χ0) is 19.1. The van der Waals surface area contributed by atoms with Crippen LogP contribution in [0.1, 0.15) is 43.0 Å². The van der Waals surface area contributed by atoms with Crippen LogP contribution >= 0.6 is 0 Å². The van der Waals surface area contributed by atoms with Crippen molar-refractivity contribution < 1.29 is 9.90 Å². The van der Waals surface area contributed by atoms with Crippen molar-refractivity contribution in [3.05, 3.63) is 44.7 Å². The number of aromatic amines is 1. The van der Waals surface area contributed by atoms with E-state index in [1.807, 2.05) is 11.9 Å². The third-order valence-corrected chi connectivity index (χ3v) is 4.51. The molecule has 2 aromatic rings. The zero-order valence-electron chi connectivity index (χ0n) is 15.4. The van der Waals surface area contributed by atoms with E-state index in [0.29, 0.717) is 11.4 Å². The van der Waals surface area contributed by atoms with Gasteiger partial charge in [0.05, 0.1) is 5.56 Å². The van der Waals surface area contributed by atoms with Crippen molar-refractivity contribution in [3.63, 3.8) is 0 Å². The number of carboxylic acids is 1. The first kappa shape index (κ1) is 18.5. The van der Waals surface area contributed by atoms with Gasteiger partial charge in [-0.1, -0.05) is 19.9 Å². The molecule has 0 unspecified atom stereocenters. The molecular formula is C18H24N4O3. The van der Waals surface area contributed by atoms with Gasteiger partial charge in [-0.2, -0.15) is 4.98 Å². The second-order valence-electron chi connectivity index (χ2n) is 6.81. The lowest BCUT2D eigenvalue weighted by atomic mass is 9.74. The first-order chi connectivity index (χ1) is 11.5. The van der Waals surface area contributed by atoms with Crippen LogP contribution in [0, 0.1) is 13.8 Å². The number of nitrogen functional groups attached to an aromatic ring is 1. The van der Waals surface area contributed by atoms with Crippen molar-refractivity contribution in [1.29, 1.82) is 0 Å². The molecule has 0 radical (unpaired) electrons. The van der Waals surface area contributed by atoms with Crippen LogP contribution in [0.15, 0.2) is 16.9 Å². The highest BCUT2D eigenvalue weighted by Crippen LogP contribution is 2.46. The van der Waals surface area contributed by atoms with Crippen LogP contribution in [0.5, 0.6) is 0 Å². The Morgan fingerprint density at radius 3 is 2.36 bits per heavy atom. The molecule has 3 rings (SSSR count). The van der Waals surface area contributed by atoms with Crippen LogP contribution in [0.4, 0.5) is 17.5 Å². The van der Waals surface area contributed by atoms with Gasteiger partial charge in [-0.3, -0.25) is 14.6 Å². The fourth-order valence-corrected chi connectivity index (χ4v) is 3.11. The average molecular weight is 344 g/mol. The molecule has 1 aromatic carbocycles. The van der Waals surface area contributed by atoms with E-state index in [0.717, 1.165) is 18.2 Å². The molecule has 0 atom stereocenters. The molecule has 7 nitrogen and oxygen atoms in total. The second kappa shape index (κ2) is 6.23. The van der Waals surface area contributed by atoms with E-state index >= 15 is 0 Å². The maximum Gasteiger partial charge on any atom is 0.300 e. The summed E-state index contributed by atoms with van der Waals surface area (Å²) in [4.78, 5) is 30.3. The summed E-state index contributed by atoms with van der Waals surface area (Å²) < 4.78 is 0. The summed E-state index contributed by atoms with van der Waals surface area (Å²) in [7, 11) is 1.92. The minimum absolute atomic E-state index is 0.147. The summed E-state index contributed by atoms with van der Waals surface area (Å²) in [5, 5.41) is 7.42. The van der Waals surface area contributed by atoms with Crippen molar-refractivity contribution in [1.82, 2.24) is 9.97 Å². The highest BCUT2D eigenvalue weighted by molar-refractivity contribution is 5.76. The lowest BCUT2D eigenvalue weighted by molar-refractivity contribution is -0.134. The molecule has 0 fully saturated rings. The summed E-state index contributed by atoms with van der Waals surface area (Å²) in [5.74, 6) is -0.0503. The first-order valence-corrected chi connectivity index (χ1v) is 7.92. The number of nitrogens with one attached hydrogen (secondary N) is 1. The molecule has 0 spiro atoms. The number of fused-ring (bicyclic) bond motifs is 2. The van der Waals surface area contributed by atoms with Gasteiger partial charge in [0, 0.05) is 25.1 Å². The van der Waals surface area contributed by atoms with Crippen molar-refractivity contribution in [2.45, 2.75) is 40.0 Å². The van der Waals surface area contributed by atoms with E-state index in [1.165, 1.54) is 11.1 Å². The maximum atomic E-state index is 12.4. The topological polar surface area (TPSA) is 112 Å². The van der Waals surface area contributed by atoms with E-state index in [-0.39, 0.29) is 11.5 Å². The van der Waals surface area contributed by atoms with E-state index in [9.17, 15) is 4.79 Å². The van der Waals surface area contributed by atoms with Gasteiger partial charge in [-0.25, -0.2) is 0 Å². The van der Waals surface area contributed by atoms with Gasteiger partial charge in [0.25, 0.3) is 11.5 Å². The third kappa shape index (κ3) is 3.22. The standard InChI is InChI=1S/C16H20N4O.C2H4O2/c1-8-6-10-11(7-9(8)2)20(5)13-12(16(10,3)4)14(21)19-15(17)18-13;1-2(3)4/h6-7H,1-5H3,(H3,17,18,19,21);1H3,(H,3,4). The SMILES string of the molecule is CC(=O)O.Cc1cc2c(cc1C)C(C)(C)c1c(nc(N)[nH]c1=O)N2C. The van der Waals surface area contributed by atoms with Crippen molar-refractivity contribution in [2.75, 3.05) is 17.7 Å². The smallest absolute Gasteiger partial charge is 0.300 e. The molecule has 2 heterocycles. The van der Waals surface area contributed by atoms with Crippen LogP contribution in [0.3, 0.4) is 0 Å². The lowest BCUT2D eigenvalue weighted by Gasteiger charge is -2.39. The molecule has 0 saturated carbocycles. The summed E-state index contributed by atoms with van der Waals surface area (Å²) >= 11 is 0. The highest BCUT2D eigenvalue weighted by atomic mass is 16.4. The van der Waals surface area contributed by atoms with Crippen molar-refractivity contribution in [3.8, 4) is 0 Å². The van der Waals surface area contributed by atoms with Gasteiger partial charge in [0.2, 0.25) is 5.95 Å². The Labute approximate surface area is 146 Å². The Hall–Kier alpha value is -2.83. The monoisotopic (exact) mass is 344 g/mol. The largest absolute Gasteiger partial charge is 0.481 e. The van der Waals surface area contributed by atoms with Gasteiger partial charge >= 0.3 is 0 Å². The molecule has 7 heteroatoms. The second-order valence-corrected chi connectivity index (χ2v) is 6.81. The average Bonchev–Trinajstić information content (AvgIpc) is 2.45. The maximum absolute atomic E-state index is 12.4. The Bertz CT molecular complexity index is 896. The van der Waals surface area contributed by atoms with E-state index in [4.69, 9.17) is 15.6 Å². The number of benzene rings is 1. The summed E-state index contributed by atoms with van der Waals surface area (Å²) in [6.07, 6.45) is 0. The zero-order valence-corrected chi connectivity index (χ0v) is 15.4. The van der Waals surface area contributed by atoms with Crippen molar-refractivity contribution in [2.24, 2.45) is 0 Å². The molecule has 0 bridgehead atoms. The Morgan fingerprint density at radius 1 is 1.28 bits per heavy atom. The molecule has 134 valence electrons. The van der Waals surface area contributed by atoms with Gasteiger partial charge in [0.15, 0.2) is 0 Å². The number of aryl methyl sites for hydroxylation is 2. The van der Waals surface area contributed by atoms with Crippen LogP contribution in [-0.2, 0) is 10.2 Å². The molecular weight excluding hydrogens is 320 g/mol. The van der Waals surface area contributed by atoms with Crippen LogP contribution < -0.4 is 16.2 Å². The van der Waals surface area contributed by atoms with Crippen molar-refractivity contribution >= 4 is 23.4 Å². The summed E-state index contributed by atoms with van der Waals surface area (Å²) in [5.41, 5.74) is 10.4. The fourth-order valence-electron chi connectivity index (χ4n) is 3.11. The van der Waals surface area contributed by atoms with E-state index in [2.05, 4.69) is 49.8 Å². The normalized spacial score (nSPS) is 14.1. The van der Waals surface area contributed by atoms with Crippen LogP contribution in [-0.4, -0.2) is 28.1 Å². The number of hydrogen-bond donors (Lipinski definition) is 3. The number of aliphatic carboxylic acids is 1. The predicted molar refractivity (Wildman–Crippen MR) is 98.7 cm³/mol. The molecule has 1 aliphatic heterocycles. The van der Waals surface area contributed by atoms with E-state index in [1.54, 1.807) is 0 Å². The quantitative estimate of drug-likeness (QED) is 0.677. The number of hydrogen-bond acceptors (Lipinski definition) is 5. The summed E-state index contributed by atoms with van der Waals surface area (Å²) in [6, 6.07) is 4.31.